The normalized spacial score (nSPS) is 14.1. The zero-order valence-electron chi connectivity index (χ0n) is 21.5. The molecule has 36 heavy (non-hydrogen) atoms. The first-order chi connectivity index (χ1) is 17.4. The van der Waals surface area contributed by atoms with Gasteiger partial charge in [0.25, 0.3) is 5.91 Å². The van der Waals surface area contributed by atoms with Crippen LogP contribution in [0.3, 0.4) is 0 Å². The maximum absolute atomic E-state index is 13.0. The minimum Gasteiger partial charge on any atom is -0.482 e. The zero-order chi connectivity index (χ0) is 25.5. The monoisotopic (exact) mass is 484 g/mol. The average Bonchev–Trinajstić information content (AvgIpc) is 2.90. The van der Waals surface area contributed by atoms with Gasteiger partial charge in [0.2, 0.25) is 5.91 Å². The topological polar surface area (TPSA) is 58.6 Å². The molecule has 0 unspecified atom stereocenters. The lowest BCUT2D eigenvalue weighted by Crippen LogP contribution is -2.40. The summed E-state index contributed by atoms with van der Waals surface area (Å²) in [5, 5.41) is 3.22. The molecule has 0 saturated carbocycles. The fraction of sp³-hybridized carbons (Fsp3) is 0.355. The molecule has 0 spiro atoms. The second-order valence-electron chi connectivity index (χ2n) is 10.1. The third-order valence-electron chi connectivity index (χ3n) is 7.17. The van der Waals surface area contributed by atoms with Gasteiger partial charge in [-0.05, 0) is 53.5 Å². The second-order valence-corrected chi connectivity index (χ2v) is 10.1. The molecular weight excluding hydrogens is 448 g/mol. The van der Waals surface area contributed by atoms with Crippen molar-refractivity contribution in [1.82, 2.24) is 5.32 Å². The fourth-order valence-corrected chi connectivity index (χ4v) is 4.52. The number of nitrogens with zero attached hydrogens (tertiary/aromatic N) is 1. The number of anilines is 1. The highest BCUT2D eigenvalue weighted by Gasteiger charge is 2.28. The van der Waals surface area contributed by atoms with Gasteiger partial charge in [0.05, 0.1) is 11.7 Å². The molecule has 0 fully saturated rings. The van der Waals surface area contributed by atoms with Crippen molar-refractivity contribution in [2.75, 3.05) is 18.1 Å². The van der Waals surface area contributed by atoms with Gasteiger partial charge in [0, 0.05) is 13.0 Å². The van der Waals surface area contributed by atoms with E-state index in [-0.39, 0.29) is 29.9 Å². The molecule has 0 bridgehead atoms. The van der Waals surface area contributed by atoms with E-state index in [0.29, 0.717) is 19.4 Å². The van der Waals surface area contributed by atoms with Gasteiger partial charge in [-0.2, -0.15) is 0 Å². The summed E-state index contributed by atoms with van der Waals surface area (Å²) in [6, 6.07) is 26.3. The van der Waals surface area contributed by atoms with Gasteiger partial charge in [-0.25, -0.2) is 0 Å². The molecule has 3 aromatic carbocycles. The Morgan fingerprint density at radius 2 is 1.72 bits per heavy atom. The van der Waals surface area contributed by atoms with Crippen LogP contribution in [0.15, 0.2) is 78.9 Å². The van der Waals surface area contributed by atoms with E-state index in [9.17, 15) is 9.59 Å². The number of hydrogen-bond acceptors (Lipinski definition) is 3. The van der Waals surface area contributed by atoms with Crippen LogP contribution in [0.4, 0.5) is 5.69 Å². The summed E-state index contributed by atoms with van der Waals surface area (Å²) in [7, 11) is 0. The highest BCUT2D eigenvalue weighted by atomic mass is 16.5. The van der Waals surface area contributed by atoms with Crippen LogP contribution >= 0.6 is 0 Å². The molecule has 2 amide bonds. The molecule has 5 heteroatoms. The standard InChI is InChI=1S/C31H36N2O3/c1-4-31(2,3)25-17-18-28-27(21-25)33(30(35)22-36-28)19-11-16-29(34)32-26(24-14-9-6-10-15-24)20-23-12-7-5-8-13-23/h5-10,12-15,17-18,21,26H,4,11,16,19-20,22H2,1-3H3,(H,32,34)/t26-/m1/s1. The highest BCUT2D eigenvalue weighted by Crippen LogP contribution is 2.37. The van der Waals surface area contributed by atoms with E-state index in [4.69, 9.17) is 4.74 Å². The highest BCUT2D eigenvalue weighted by molar-refractivity contribution is 5.98. The lowest BCUT2D eigenvalue weighted by Gasteiger charge is -2.32. The molecule has 1 aliphatic heterocycles. The van der Waals surface area contributed by atoms with Gasteiger partial charge >= 0.3 is 0 Å². The van der Waals surface area contributed by atoms with Crippen LogP contribution in [0.2, 0.25) is 0 Å². The Balaban J connectivity index is 1.41. The predicted octanol–water partition coefficient (Wildman–Crippen LogP) is 5.98. The Labute approximate surface area is 214 Å². The van der Waals surface area contributed by atoms with Crippen LogP contribution in [0.1, 0.15) is 62.8 Å². The number of fused-ring (bicyclic) bond motifs is 1. The predicted molar refractivity (Wildman–Crippen MR) is 144 cm³/mol. The Kier molecular flexibility index (Phi) is 8.09. The summed E-state index contributed by atoms with van der Waals surface area (Å²) in [4.78, 5) is 27.5. The van der Waals surface area contributed by atoms with E-state index in [1.807, 2.05) is 54.6 Å². The van der Waals surface area contributed by atoms with Gasteiger partial charge in [-0.1, -0.05) is 87.5 Å². The summed E-state index contributed by atoms with van der Waals surface area (Å²) >= 11 is 0. The lowest BCUT2D eigenvalue weighted by molar-refractivity contribution is -0.123. The van der Waals surface area contributed by atoms with Crippen LogP contribution in [0.25, 0.3) is 0 Å². The van der Waals surface area contributed by atoms with Gasteiger partial charge in [-0.3, -0.25) is 9.59 Å². The third kappa shape index (κ3) is 6.14. The summed E-state index contributed by atoms with van der Waals surface area (Å²) in [6.07, 6.45) is 2.64. The maximum Gasteiger partial charge on any atom is 0.265 e. The molecule has 0 aliphatic carbocycles. The van der Waals surface area contributed by atoms with E-state index in [1.54, 1.807) is 4.90 Å². The number of nitrogens with one attached hydrogen (secondary N) is 1. The van der Waals surface area contributed by atoms with Gasteiger partial charge in [0.15, 0.2) is 6.61 Å². The zero-order valence-corrected chi connectivity index (χ0v) is 21.5. The van der Waals surface area contributed by atoms with E-state index < -0.39 is 0 Å². The molecule has 1 atom stereocenters. The Bertz CT molecular complexity index is 1170. The number of benzene rings is 3. The van der Waals surface area contributed by atoms with Crippen molar-refractivity contribution >= 4 is 17.5 Å². The van der Waals surface area contributed by atoms with Gasteiger partial charge in [-0.15, -0.1) is 0 Å². The molecule has 1 aliphatic rings. The molecular formula is C31H36N2O3. The molecule has 0 radical (unpaired) electrons. The second kappa shape index (κ2) is 11.4. The maximum atomic E-state index is 13.0. The fourth-order valence-electron chi connectivity index (χ4n) is 4.52. The summed E-state index contributed by atoms with van der Waals surface area (Å²) in [5.41, 5.74) is 4.24. The van der Waals surface area contributed by atoms with Crippen LogP contribution < -0.4 is 15.0 Å². The number of amides is 2. The van der Waals surface area contributed by atoms with E-state index in [0.717, 1.165) is 29.8 Å². The molecule has 0 saturated heterocycles. The number of ether oxygens (including phenoxy) is 1. The van der Waals surface area contributed by atoms with E-state index >= 15 is 0 Å². The summed E-state index contributed by atoms with van der Waals surface area (Å²) < 4.78 is 5.68. The van der Waals surface area contributed by atoms with E-state index in [1.165, 1.54) is 11.1 Å². The Morgan fingerprint density at radius 3 is 2.42 bits per heavy atom. The number of rotatable bonds is 10. The van der Waals surface area contributed by atoms with Crippen molar-refractivity contribution < 1.29 is 14.3 Å². The number of hydrogen-bond donors (Lipinski definition) is 1. The average molecular weight is 485 g/mol. The smallest absolute Gasteiger partial charge is 0.265 e. The van der Waals surface area contributed by atoms with Crippen LogP contribution in [-0.4, -0.2) is 25.0 Å². The van der Waals surface area contributed by atoms with Crippen molar-refractivity contribution in [3.05, 3.63) is 95.6 Å². The molecule has 1 heterocycles. The first-order valence-electron chi connectivity index (χ1n) is 12.8. The number of carbonyl (C=O) groups is 2. The van der Waals surface area contributed by atoms with E-state index in [2.05, 4.69) is 50.4 Å². The lowest BCUT2D eigenvalue weighted by atomic mass is 9.82. The third-order valence-corrected chi connectivity index (χ3v) is 7.17. The SMILES string of the molecule is CCC(C)(C)c1ccc2c(c1)N(CCCC(=O)N[C@H](Cc1ccccc1)c1ccccc1)C(=O)CO2. The first kappa shape index (κ1) is 25.5. The molecule has 1 N–H and O–H groups in total. The molecule has 188 valence electrons. The van der Waals surface area contributed by atoms with Crippen molar-refractivity contribution in [2.24, 2.45) is 0 Å². The van der Waals surface area contributed by atoms with Crippen LogP contribution in [-0.2, 0) is 21.4 Å². The molecule has 0 aromatic heterocycles. The number of carbonyl (C=O) groups excluding carboxylic acids is 2. The summed E-state index contributed by atoms with van der Waals surface area (Å²) in [5.74, 6) is 0.642. The van der Waals surface area contributed by atoms with Crippen molar-refractivity contribution in [3.63, 3.8) is 0 Å². The van der Waals surface area contributed by atoms with Crippen LogP contribution in [0, 0.1) is 0 Å². The van der Waals surface area contributed by atoms with Crippen molar-refractivity contribution in [1.29, 1.82) is 0 Å². The summed E-state index contributed by atoms with van der Waals surface area (Å²) in [6.45, 7) is 7.08. The van der Waals surface area contributed by atoms with Crippen molar-refractivity contribution in [3.8, 4) is 5.75 Å². The van der Waals surface area contributed by atoms with Gasteiger partial charge < -0.3 is 15.0 Å². The Morgan fingerprint density at radius 1 is 1.03 bits per heavy atom. The molecule has 4 rings (SSSR count). The largest absolute Gasteiger partial charge is 0.482 e. The minimum absolute atomic E-state index is 0.00623. The Hall–Kier alpha value is -3.60. The molecule has 3 aromatic rings. The minimum atomic E-state index is -0.106. The van der Waals surface area contributed by atoms with Crippen LogP contribution in [0.5, 0.6) is 5.75 Å². The van der Waals surface area contributed by atoms with Crippen molar-refractivity contribution in [2.45, 2.75) is 57.9 Å². The molecule has 5 nitrogen and oxygen atoms in total. The quantitative estimate of drug-likeness (QED) is 0.385. The first-order valence-corrected chi connectivity index (χ1v) is 12.8. The van der Waals surface area contributed by atoms with Gasteiger partial charge in [0.1, 0.15) is 5.75 Å².